The minimum Gasteiger partial charge on any atom is -0.459 e. The molecule has 0 atom stereocenters. The summed E-state index contributed by atoms with van der Waals surface area (Å²) in [6.07, 6.45) is 2.74. The highest BCUT2D eigenvalue weighted by molar-refractivity contribution is 7.99. The summed E-state index contributed by atoms with van der Waals surface area (Å²) in [7, 11) is 0. The first-order valence-corrected chi connectivity index (χ1v) is 10.0. The number of amides is 1. The molecule has 0 radical (unpaired) electrons. The lowest BCUT2D eigenvalue weighted by molar-refractivity contribution is -0.154. The molecule has 10 heteroatoms. The predicted molar refractivity (Wildman–Crippen MR) is 105 cm³/mol. The summed E-state index contributed by atoms with van der Waals surface area (Å²) in [6, 6.07) is 0.222. The van der Waals surface area contributed by atoms with Crippen LogP contribution in [0.1, 0.15) is 34.1 Å². The van der Waals surface area contributed by atoms with E-state index in [1.54, 1.807) is 29.6 Å². The van der Waals surface area contributed by atoms with Crippen LogP contribution in [0.5, 0.6) is 0 Å². The van der Waals surface area contributed by atoms with Crippen molar-refractivity contribution in [1.82, 2.24) is 25.1 Å². The number of anilines is 1. The standard InChI is InChI=1S/C17H26N6O3S/c1-5-9-27-17-21-13(20-11(3)4)12-10-19-23(14(12)22-17)8-7-18-15(24)16(25)26-6-2/h10-11H,5-9H2,1-4H3,(H,18,24)(H,20,21,22). The van der Waals surface area contributed by atoms with Crippen molar-refractivity contribution in [1.29, 1.82) is 0 Å². The number of ether oxygens (including phenoxy) is 1. The normalized spacial score (nSPS) is 11.0. The number of carbonyl (C=O) groups is 2. The summed E-state index contributed by atoms with van der Waals surface area (Å²) in [5, 5.41) is 11.7. The molecule has 2 N–H and O–H groups in total. The van der Waals surface area contributed by atoms with Crippen LogP contribution in [0.4, 0.5) is 5.82 Å². The largest absolute Gasteiger partial charge is 0.459 e. The van der Waals surface area contributed by atoms with Gasteiger partial charge >= 0.3 is 11.9 Å². The molecule has 9 nitrogen and oxygen atoms in total. The van der Waals surface area contributed by atoms with Crippen molar-refractivity contribution in [3.05, 3.63) is 6.20 Å². The maximum atomic E-state index is 11.6. The SMILES string of the molecule is CCCSc1nc(NC(C)C)c2cnn(CCNC(=O)C(=O)OCC)c2n1. The van der Waals surface area contributed by atoms with Gasteiger partial charge in [0.05, 0.1) is 24.7 Å². The molecule has 0 aliphatic rings. The van der Waals surface area contributed by atoms with Crippen LogP contribution in [0.2, 0.25) is 0 Å². The number of thioether (sulfide) groups is 1. The maximum Gasteiger partial charge on any atom is 0.396 e. The second kappa shape index (κ2) is 10.1. The van der Waals surface area contributed by atoms with Crippen LogP contribution < -0.4 is 10.6 Å². The van der Waals surface area contributed by atoms with Gasteiger partial charge in [0.1, 0.15) is 5.82 Å². The molecule has 2 aromatic rings. The van der Waals surface area contributed by atoms with Crippen molar-refractivity contribution in [2.24, 2.45) is 0 Å². The van der Waals surface area contributed by atoms with E-state index in [-0.39, 0.29) is 19.2 Å². The lowest BCUT2D eigenvalue weighted by atomic mass is 10.3. The zero-order valence-corrected chi connectivity index (χ0v) is 16.9. The summed E-state index contributed by atoms with van der Waals surface area (Å²) >= 11 is 1.59. The molecule has 2 rings (SSSR count). The molecular weight excluding hydrogens is 368 g/mol. The Labute approximate surface area is 162 Å². The van der Waals surface area contributed by atoms with E-state index < -0.39 is 11.9 Å². The van der Waals surface area contributed by atoms with Crippen molar-refractivity contribution >= 4 is 40.5 Å². The highest BCUT2D eigenvalue weighted by Gasteiger charge is 2.16. The van der Waals surface area contributed by atoms with Crippen LogP contribution in [0.15, 0.2) is 11.4 Å². The van der Waals surface area contributed by atoms with E-state index in [4.69, 9.17) is 0 Å². The Balaban J connectivity index is 2.16. The molecule has 2 aromatic heterocycles. The lowest BCUT2D eigenvalue weighted by Gasteiger charge is -2.12. The highest BCUT2D eigenvalue weighted by atomic mass is 32.2. The number of hydrogen-bond acceptors (Lipinski definition) is 8. The molecule has 0 fully saturated rings. The van der Waals surface area contributed by atoms with Crippen molar-refractivity contribution in [2.75, 3.05) is 24.2 Å². The lowest BCUT2D eigenvalue weighted by Crippen LogP contribution is -2.34. The van der Waals surface area contributed by atoms with Gasteiger partial charge in [-0.2, -0.15) is 5.10 Å². The van der Waals surface area contributed by atoms with Gasteiger partial charge < -0.3 is 15.4 Å². The molecule has 148 valence electrons. The minimum absolute atomic E-state index is 0.163. The predicted octanol–water partition coefficient (Wildman–Crippen LogP) is 1.83. The van der Waals surface area contributed by atoms with E-state index >= 15 is 0 Å². The Morgan fingerprint density at radius 3 is 2.74 bits per heavy atom. The van der Waals surface area contributed by atoms with Gasteiger partial charge in [0.25, 0.3) is 0 Å². The molecule has 0 aliphatic carbocycles. The van der Waals surface area contributed by atoms with Crippen LogP contribution in [0.3, 0.4) is 0 Å². The second-order valence-electron chi connectivity index (χ2n) is 6.08. The Kier molecular flexibility index (Phi) is 7.83. The molecule has 0 unspecified atom stereocenters. The quantitative estimate of drug-likeness (QED) is 0.287. The molecule has 0 aromatic carbocycles. The third-order valence-corrected chi connectivity index (χ3v) is 4.46. The zero-order chi connectivity index (χ0) is 19.8. The average molecular weight is 395 g/mol. The Hall–Kier alpha value is -2.36. The summed E-state index contributed by atoms with van der Waals surface area (Å²) in [4.78, 5) is 32.2. The van der Waals surface area contributed by atoms with Gasteiger partial charge in [-0.1, -0.05) is 18.7 Å². The number of aromatic nitrogens is 4. The first-order chi connectivity index (χ1) is 13.0. The summed E-state index contributed by atoms with van der Waals surface area (Å²) in [5.41, 5.74) is 0.692. The van der Waals surface area contributed by atoms with E-state index in [0.717, 1.165) is 23.4 Å². The van der Waals surface area contributed by atoms with Crippen LogP contribution in [-0.4, -0.2) is 56.6 Å². The highest BCUT2D eigenvalue weighted by Crippen LogP contribution is 2.25. The molecule has 1 amide bonds. The van der Waals surface area contributed by atoms with Gasteiger partial charge in [-0.3, -0.25) is 4.79 Å². The molecule has 2 heterocycles. The van der Waals surface area contributed by atoms with E-state index in [0.29, 0.717) is 17.3 Å². The van der Waals surface area contributed by atoms with Gasteiger partial charge in [-0.15, -0.1) is 0 Å². The van der Waals surface area contributed by atoms with Gasteiger partial charge in [-0.25, -0.2) is 19.4 Å². The van der Waals surface area contributed by atoms with Gasteiger partial charge in [0, 0.05) is 18.3 Å². The first-order valence-electron chi connectivity index (χ1n) is 9.04. The van der Waals surface area contributed by atoms with Crippen LogP contribution in [-0.2, 0) is 20.9 Å². The van der Waals surface area contributed by atoms with Gasteiger partial charge in [0.15, 0.2) is 10.8 Å². The Morgan fingerprint density at radius 1 is 1.30 bits per heavy atom. The number of carbonyl (C=O) groups excluding carboxylic acids is 2. The van der Waals surface area contributed by atoms with Crippen molar-refractivity contribution in [2.45, 2.75) is 51.9 Å². The third kappa shape index (κ3) is 5.81. The Bertz CT molecular complexity index is 792. The number of rotatable bonds is 9. The van der Waals surface area contributed by atoms with Crippen molar-refractivity contribution in [3.63, 3.8) is 0 Å². The molecular formula is C17H26N6O3S. The minimum atomic E-state index is -0.883. The summed E-state index contributed by atoms with van der Waals surface area (Å²) < 4.78 is 6.36. The number of esters is 1. The Morgan fingerprint density at radius 2 is 2.07 bits per heavy atom. The monoisotopic (exact) mass is 394 g/mol. The number of hydrogen-bond donors (Lipinski definition) is 2. The van der Waals surface area contributed by atoms with Gasteiger partial charge in [0.2, 0.25) is 0 Å². The fourth-order valence-corrected chi connectivity index (χ4v) is 2.98. The van der Waals surface area contributed by atoms with E-state index in [2.05, 4.69) is 37.4 Å². The molecule has 0 saturated carbocycles. The number of nitrogens with one attached hydrogen (secondary N) is 2. The van der Waals surface area contributed by atoms with E-state index in [9.17, 15) is 9.59 Å². The third-order valence-electron chi connectivity index (χ3n) is 3.41. The zero-order valence-electron chi connectivity index (χ0n) is 16.1. The van der Waals surface area contributed by atoms with Crippen LogP contribution in [0.25, 0.3) is 11.0 Å². The topological polar surface area (TPSA) is 111 Å². The summed E-state index contributed by atoms with van der Waals surface area (Å²) in [5.74, 6) is 0.0302. The molecule has 27 heavy (non-hydrogen) atoms. The second-order valence-corrected chi connectivity index (χ2v) is 7.15. The number of fused-ring (bicyclic) bond motifs is 1. The van der Waals surface area contributed by atoms with Crippen LogP contribution in [0, 0.1) is 0 Å². The van der Waals surface area contributed by atoms with Gasteiger partial charge in [-0.05, 0) is 27.2 Å². The van der Waals surface area contributed by atoms with Crippen molar-refractivity contribution < 1.29 is 14.3 Å². The van der Waals surface area contributed by atoms with Crippen molar-refractivity contribution in [3.8, 4) is 0 Å². The fourth-order valence-electron chi connectivity index (χ4n) is 2.28. The molecule has 0 aliphatic heterocycles. The van der Waals surface area contributed by atoms with E-state index in [1.807, 2.05) is 13.8 Å². The smallest absolute Gasteiger partial charge is 0.396 e. The number of nitrogens with zero attached hydrogens (tertiary/aromatic N) is 4. The maximum absolute atomic E-state index is 11.6. The fraction of sp³-hybridized carbons (Fsp3) is 0.588. The first kappa shape index (κ1) is 20.9. The molecule has 0 spiro atoms. The summed E-state index contributed by atoms with van der Waals surface area (Å²) in [6.45, 7) is 8.63. The molecule has 0 bridgehead atoms. The van der Waals surface area contributed by atoms with Crippen LogP contribution >= 0.6 is 11.8 Å². The van der Waals surface area contributed by atoms with E-state index in [1.165, 1.54) is 0 Å². The molecule has 0 saturated heterocycles. The average Bonchev–Trinajstić information content (AvgIpc) is 3.03.